The third-order valence-electron chi connectivity index (χ3n) is 5.62. The summed E-state index contributed by atoms with van der Waals surface area (Å²) in [7, 11) is 0. The van der Waals surface area contributed by atoms with Gasteiger partial charge in [-0.1, -0.05) is 0 Å². The number of rotatable bonds is 4. The molecule has 0 amide bonds. The van der Waals surface area contributed by atoms with E-state index in [1.807, 2.05) is 26.0 Å². The minimum Gasteiger partial charge on any atom is -0.326 e. The SMILES string of the molecule is Cc1cc(N/N=C2\CC[C@H]3C[C@@H]2CC/C3=N\Nc2cc(C)[nH]c(=O)c2)cc(=O)[nH]1. The Bertz CT molecular complexity index is 996. The van der Waals surface area contributed by atoms with Crippen LogP contribution in [0.15, 0.2) is 44.1 Å². The molecule has 0 aromatic carbocycles. The van der Waals surface area contributed by atoms with Crippen molar-refractivity contribution in [2.75, 3.05) is 10.9 Å². The topological polar surface area (TPSA) is 114 Å². The van der Waals surface area contributed by atoms with E-state index in [0.29, 0.717) is 11.8 Å². The first-order valence-electron chi connectivity index (χ1n) is 10.0. The lowest BCUT2D eigenvalue weighted by molar-refractivity contribution is 0.407. The lowest BCUT2D eigenvalue weighted by Crippen LogP contribution is -2.35. The highest BCUT2D eigenvalue weighted by Gasteiger charge is 2.34. The van der Waals surface area contributed by atoms with Gasteiger partial charge in [-0.25, -0.2) is 0 Å². The Morgan fingerprint density at radius 2 is 1.24 bits per heavy atom. The predicted molar refractivity (Wildman–Crippen MR) is 116 cm³/mol. The fourth-order valence-corrected chi connectivity index (χ4v) is 4.30. The maximum atomic E-state index is 11.6. The van der Waals surface area contributed by atoms with Crippen LogP contribution in [0.25, 0.3) is 0 Å². The van der Waals surface area contributed by atoms with E-state index in [1.165, 1.54) is 23.6 Å². The van der Waals surface area contributed by atoms with E-state index in [-0.39, 0.29) is 11.1 Å². The van der Waals surface area contributed by atoms with Crippen molar-refractivity contribution in [1.82, 2.24) is 9.97 Å². The second-order valence-electron chi connectivity index (χ2n) is 7.97. The molecule has 2 atom stereocenters. The standard InChI is InChI=1S/C21H26N6O2/c1-12-7-16(10-20(28)22-12)24-26-18-5-3-15-9-14(18)4-6-19(15)27-25-17-8-13(2)23-21(29)11-17/h7-8,10-11,14-15H,3-6,9H2,1-2H3,(H2,22,24,28)(H2,23,25,29)/b26-18+,27-19+/t14-,15-/m0/s1. The highest BCUT2D eigenvalue weighted by atomic mass is 16.1. The summed E-state index contributed by atoms with van der Waals surface area (Å²) < 4.78 is 0. The number of hydrogen-bond acceptors (Lipinski definition) is 6. The van der Waals surface area contributed by atoms with Crippen LogP contribution in [0.5, 0.6) is 0 Å². The fraction of sp³-hybridized carbons (Fsp3) is 0.429. The molecule has 2 aliphatic rings. The van der Waals surface area contributed by atoms with E-state index in [2.05, 4.69) is 31.0 Å². The Labute approximate surface area is 168 Å². The quantitative estimate of drug-likeness (QED) is 0.597. The van der Waals surface area contributed by atoms with Gasteiger partial charge in [0, 0.05) is 46.8 Å². The maximum Gasteiger partial charge on any atom is 0.250 e. The number of nitrogens with zero attached hydrogens (tertiary/aromatic N) is 2. The summed E-state index contributed by atoms with van der Waals surface area (Å²) in [4.78, 5) is 28.7. The van der Waals surface area contributed by atoms with Gasteiger partial charge in [-0.2, -0.15) is 10.2 Å². The number of fused-ring (bicyclic) bond motifs is 2. The Morgan fingerprint density at radius 1 is 0.793 bits per heavy atom. The first-order valence-corrected chi connectivity index (χ1v) is 10.0. The Morgan fingerprint density at radius 3 is 1.66 bits per heavy atom. The summed E-state index contributed by atoms with van der Waals surface area (Å²) in [5.74, 6) is 0.898. The first-order chi connectivity index (χ1) is 14.0. The highest BCUT2D eigenvalue weighted by molar-refractivity contribution is 5.95. The van der Waals surface area contributed by atoms with E-state index < -0.39 is 0 Å². The Hall–Kier alpha value is -3.16. The molecule has 2 bridgehead atoms. The van der Waals surface area contributed by atoms with Crippen molar-refractivity contribution in [2.45, 2.75) is 46.0 Å². The van der Waals surface area contributed by atoms with Gasteiger partial charge in [-0.05, 0) is 58.1 Å². The molecule has 29 heavy (non-hydrogen) atoms. The van der Waals surface area contributed by atoms with Crippen LogP contribution < -0.4 is 22.0 Å². The molecule has 0 aliphatic heterocycles. The lowest BCUT2D eigenvalue weighted by atomic mass is 9.70. The van der Waals surface area contributed by atoms with Crippen molar-refractivity contribution < 1.29 is 0 Å². The maximum absolute atomic E-state index is 11.6. The molecule has 0 unspecified atom stereocenters. The molecule has 0 saturated heterocycles. The highest BCUT2D eigenvalue weighted by Crippen LogP contribution is 2.37. The number of nitrogens with one attached hydrogen (secondary N) is 4. The molecular weight excluding hydrogens is 368 g/mol. The third-order valence-corrected chi connectivity index (χ3v) is 5.62. The number of aromatic amines is 2. The van der Waals surface area contributed by atoms with E-state index in [1.54, 1.807) is 0 Å². The summed E-state index contributed by atoms with van der Waals surface area (Å²) in [5.41, 5.74) is 11.3. The van der Waals surface area contributed by atoms with Crippen LogP contribution >= 0.6 is 0 Å². The fourth-order valence-electron chi connectivity index (χ4n) is 4.30. The Kier molecular flexibility index (Phi) is 5.33. The third kappa shape index (κ3) is 4.64. The number of anilines is 2. The van der Waals surface area contributed by atoms with Gasteiger partial charge in [-0.15, -0.1) is 0 Å². The van der Waals surface area contributed by atoms with Crippen molar-refractivity contribution in [1.29, 1.82) is 0 Å². The zero-order chi connectivity index (χ0) is 20.4. The van der Waals surface area contributed by atoms with Crippen LogP contribution in [0, 0.1) is 25.7 Å². The van der Waals surface area contributed by atoms with Gasteiger partial charge in [0.05, 0.1) is 11.4 Å². The van der Waals surface area contributed by atoms with Crippen molar-refractivity contribution in [3.05, 3.63) is 56.4 Å². The molecule has 2 saturated carbocycles. The van der Waals surface area contributed by atoms with Crippen LogP contribution in [0.4, 0.5) is 11.4 Å². The molecule has 2 heterocycles. The minimum atomic E-state index is -0.127. The number of hydrazone groups is 2. The number of hydrogen-bond donors (Lipinski definition) is 4. The van der Waals surface area contributed by atoms with Crippen LogP contribution in [0.3, 0.4) is 0 Å². The minimum absolute atomic E-state index is 0.127. The summed E-state index contributed by atoms with van der Waals surface area (Å²) in [6, 6.07) is 6.81. The molecule has 8 nitrogen and oxygen atoms in total. The summed E-state index contributed by atoms with van der Waals surface area (Å²) in [6.45, 7) is 3.71. The van der Waals surface area contributed by atoms with Crippen LogP contribution in [-0.2, 0) is 0 Å². The smallest absolute Gasteiger partial charge is 0.250 e. The van der Waals surface area contributed by atoms with Crippen molar-refractivity contribution in [3.63, 3.8) is 0 Å². The van der Waals surface area contributed by atoms with Gasteiger partial charge in [0.25, 0.3) is 0 Å². The van der Waals surface area contributed by atoms with Crippen molar-refractivity contribution >= 4 is 22.8 Å². The molecular formula is C21H26N6O2. The van der Waals surface area contributed by atoms with E-state index in [4.69, 9.17) is 0 Å². The van der Waals surface area contributed by atoms with Gasteiger partial charge >= 0.3 is 0 Å². The van der Waals surface area contributed by atoms with E-state index in [0.717, 1.165) is 54.9 Å². The average molecular weight is 394 g/mol. The summed E-state index contributed by atoms with van der Waals surface area (Å²) in [5, 5.41) is 9.23. The van der Waals surface area contributed by atoms with Crippen LogP contribution in [0.2, 0.25) is 0 Å². The molecule has 2 aromatic rings. The normalized spacial score (nSPS) is 23.9. The zero-order valence-corrected chi connectivity index (χ0v) is 16.7. The predicted octanol–water partition coefficient (Wildman–Crippen LogP) is 3.13. The number of aryl methyl sites for hydroxylation is 2. The molecule has 4 rings (SSSR count). The lowest BCUT2D eigenvalue weighted by Gasteiger charge is -2.36. The zero-order valence-electron chi connectivity index (χ0n) is 16.7. The van der Waals surface area contributed by atoms with Gasteiger partial charge in [0.2, 0.25) is 11.1 Å². The number of pyridine rings is 2. The van der Waals surface area contributed by atoms with E-state index in [9.17, 15) is 9.59 Å². The monoisotopic (exact) mass is 394 g/mol. The second-order valence-corrected chi connectivity index (χ2v) is 7.97. The average Bonchev–Trinajstić information content (AvgIpc) is 2.65. The van der Waals surface area contributed by atoms with Crippen molar-refractivity contribution in [3.8, 4) is 0 Å². The van der Waals surface area contributed by atoms with Gasteiger partial charge < -0.3 is 9.97 Å². The van der Waals surface area contributed by atoms with E-state index >= 15 is 0 Å². The molecule has 152 valence electrons. The molecule has 2 aliphatic carbocycles. The number of aromatic nitrogens is 2. The molecule has 0 spiro atoms. The van der Waals surface area contributed by atoms with Gasteiger partial charge in [0.15, 0.2) is 0 Å². The second kappa shape index (κ2) is 8.06. The van der Waals surface area contributed by atoms with Gasteiger partial charge in [0.1, 0.15) is 0 Å². The Balaban J connectivity index is 1.40. The molecule has 8 heteroatoms. The van der Waals surface area contributed by atoms with Crippen LogP contribution in [-0.4, -0.2) is 21.4 Å². The van der Waals surface area contributed by atoms with Crippen LogP contribution in [0.1, 0.15) is 43.5 Å². The largest absolute Gasteiger partial charge is 0.326 e. The summed E-state index contributed by atoms with van der Waals surface area (Å²) >= 11 is 0. The molecule has 2 fully saturated rings. The molecule has 0 radical (unpaired) electrons. The molecule has 4 N–H and O–H groups in total. The molecule has 2 aromatic heterocycles. The number of H-pyrrole nitrogens is 2. The first kappa shape index (κ1) is 19.2. The van der Waals surface area contributed by atoms with Crippen molar-refractivity contribution in [2.24, 2.45) is 22.0 Å². The van der Waals surface area contributed by atoms with Gasteiger partial charge in [-0.3, -0.25) is 20.4 Å². The summed E-state index contributed by atoms with van der Waals surface area (Å²) in [6.07, 6.45) is 4.92.